The third kappa shape index (κ3) is 4.45. The molecule has 122 valence electrons. The van der Waals surface area contributed by atoms with Gasteiger partial charge in [-0.05, 0) is 30.5 Å². The first-order chi connectivity index (χ1) is 11.0. The molecule has 0 aliphatic rings. The van der Waals surface area contributed by atoms with E-state index in [2.05, 4.69) is 29.5 Å². The lowest BCUT2D eigenvalue weighted by Crippen LogP contribution is -2.32. The summed E-state index contributed by atoms with van der Waals surface area (Å²) in [5.74, 6) is 0.799. The number of amides is 1. The molecule has 5 heteroatoms. The Morgan fingerprint density at radius 1 is 1.13 bits per heavy atom. The Morgan fingerprint density at radius 3 is 2.48 bits per heavy atom. The van der Waals surface area contributed by atoms with E-state index in [9.17, 15) is 4.79 Å². The molecule has 1 aromatic heterocycles. The van der Waals surface area contributed by atoms with Crippen molar-refractivity contribution in [1.29, 1.82) is 0 Å². The number of anilines is 2. The third-order valence-electron chi connectivity index (χ3n) is 3.56. The van der Waals surface area contributed by atoms with Crippen molar-refractivity contribution in [1.82, 2.24) is 4.98 Å². The van der Waals surface area contributed by atoms with Gasteiger partial charge < -0.3 is 15.4 Å². The van der Waals surface area contributed by atoms with Gasteiger partial charge >= 0.3 is 0 Å². The topological polar surface area (TPSA) is 63.2 Å². The van der Waals surface area contributed by atoms with Gasteiger partial charge in [-0.25, -0.2) is 4.98 Å². The zero-order valence-corrected chi connectivity index (χ0v) is 14.0. The van der Waals surface area contributed by atoms with E-state index in [1.54, 1.807) is 19.4 Å². The maximum Gasteiger partial charge on any atom is 0.246 e. The lowest BCUT2D eigenvalue weighted by molar-refractivity contribution is -0.116. The molecule has 0 bridgehead atoms. The highest BCUT2D eigenvalue weighted by molar-refractivity contribution is 5.96. The van der Waals surface area contributed by atoms with E-state index >= 15 is 0 Å². The molecule has 1 amide bonds. The maximum atomic E-state index is 12.4. The average Bonchev–Trinajstić information content (AvgIpc) is 2.55. The van der Waals surface area contributed by atoms with Crippen LogP contribution in [0.5, 0.6) is 5.88 Å². The van der Waals surface area contributed by atoms with Gasteiger partial charge in [-0.15, -0.1) is 0 Å². The van der Waals surface area contributed by atoms with Crippen LogP contribution < -0.4 is 15.4 Å². The van der Waals surface area contributed by atoms with Crippen molar-refractivity contribution in [3.8, 4) is 5.88 Å². The van der Waals surface area contributed by atoms with Crippen molar-refractivity contribution in [2.45, 2.75) is 32.7 Å². The first-order valence-electron chi connectivity index (χ1n) is 7.67. The van der Waals surface area contributed by atoms with Crippen molar-refractivity contribution in [3.63, 3.8) is 0 Å². The monoisotopic (exact) mass is 313 g/mol. The van der Waals surface area contributed by atoms with Gasteiger partial charge in [0.15, 0.2) is 0 Å². The number of pyridine rings is 1. The van der Waals surface area contributed by atoms with Crippen LogP contribution in [0, 0.1) is 0 Å². The van der Waals surface area contributed by atoms with E-state index in [0.29, 0.717) is 11.8 Å². The Balaban J connectivity index is 2.02. The molecule has 0 fully saturated rings. The summed E-state index contributed by atoms with van der Waals surface area (Å²) in [7, 11) is 1.57. The SMILES string of the molecule is COc1ccc(N[C@@H](C)C(=O)Nc2ccccc2C(C)C)cn1. The molecule has 1 atom stereocenters. The van der Waals surface area contributed by atoms with Crippen LogP contribution in [0.1, 0.15) is 32.3 Å². The van der Waals surface area contributed by atoms with Crippen molar-refractivity contribution in [2.24, 2.45) is 0 Å². The Bertz CT molecular complexity index is 654. The number of carbonyl (C=O) groups is 1. The summed E-state index contributed by atoms with van der Waals surface area (Å²) in [5, 5.41) is 6.12. The lowest BCUT2D eigenvalue weighted by Gasteiger charge is -2.18. The number of carbonyl (C=O) groups excluding carboxylic acids is 1. The molecule has 0 spiro atoms. The number of hydrogen-bond donors (Lipinski definition) is 2. The van der Waals surface area contributed by atoms with Crippen molar-refractivity contribution in [2.75, 3.05) is 17.7 Å². The summed E-state index contributed by atoms with van der Waals surface area (Å²) >= 11 is 0. The molecule has 0 radical (unpaired) electrons. The summed E-state index contributed by atoms with van der Waals surface area (Å²) in [6.45, 7) is 6.03. The normalized spacial score (nSPS) is 11.9. The van der Waals surface area contributed by atoms with Gasteiger partial charge in [0.25, 0.3) is 0 Å². The molecule has 0 aliphatic carbocycles. The quantitative estimate of drug-likeness (QED) is 0.854. The molecule has 2 aromatic rings. The predicted molar refractivity (Wildman–Crippen MR) is 93.0 cm³/mol. The van der Waals surface area contributed by atoms with Gasteiger partial charge in [0.05, 0.1) is 19.0 Å². The van der Waals surface area contributed by atoms with Gasteiger partial charge in [0.1, 0.15) is 6.04 Å². The fraction of sp³-hybridized carbons (Fsp3) is 0.333. The van der Waals surface area contributed by atoms with Crippen LogP contribution in [0.4, 0.5) is 11.4 Å². The summed E-state index contributed by atoms with van der Waals surface area (Å²) in [6.07, 6.45) is 1.64. The molecule has 0 saturated carbocycles. The maximum absolute atomic E-state index is 12.4. The molecule has 0 unspecified atom stereocenters. The molecular weight excluding hydrogens is 290 g/mol. The Kier molecular flexibility index (Phi) is 5.57. The minimum atomic E-state index is -0.384. The van der Waals surface area contributed by atoms with E-state index in [0.717, 1.165) is 16.9 Å². The number of rotatable bonds is 6. The van der Waals surface area contributed by atoms with Crippen molar-refractivity contribution in [3.05, 3.63) is 48.2 Å². The van der Waals surface area contributed by atoms with Crippen LogP contribution in [0.15, 0.2) is 42.6 Å². The van der Waals surface area contributed by atoms with Crippen LogP contribution in [0.2, 0.25) is 0 Å². The smallest absolute Gasteiger partial charge is 0.246 e. The molecular formula is C18H23N3O2. The first-order valence-corrected chi connectivity index (χ1v) is 7.67. The second kappa shape index (κ2) is 7.63. The molecule has 0 saturated heterocycles. The molecule has 1 aromatic carbocycles. The Hall–Kier alpha value is -2.56. The van der Waals surface area contributed by atoms with E-state index in [-0.39, 0.29) is 11.9 Å². The zero-order chi connectivity index (χ0) is 16.8. The lowest BCUT2D eigenvalue weighted by atomic mass is 10.0. The number of ether oxygens (including phenoxy) is 1. The molecule has 2 rings (SSSR count). The van der Waals surface area contributed by atoms with Crippen LogP contribution in [-0.2, 0) is 4.79 Å². The number of nitrogens with one attached hydrogen (secondary N) is 2. The largest absolute Gasteiger partial charge is 0.481 e. The minimum Gasteiger partial charge on any atom is -0.481 e. The first kappa shape index (κ1) is 16.8. The molecule has 2 N–H and O–H groups in total. The Labute approximate surface area is 137 Å². The number of nitrogens with zero attached hydrogens (tertiary/aromatic N) is 1. The zero-order valence-electron chi connectivity index (χ0n) is 14.0. The van der Waals surface area contributed by atoms with Gasteiger partial charge in [-0.2, -0.15) is 0 Å². The summed E-state index contributed by atoms with van der Waals surface area (Å²) < 4.78 is 5.02. The number of benzene rings is 1. The van der Waals surface area contributed by atoms with E-state index < -0.39 is 0 Å². The van der Waals surface area contributed by atoms with Crippen LogP contribution in [0.3, 0.4) is 0 Å². The summed E-state index contributed by atoms with van der Waals surface area (Å²) in [5.41, 5.74) is 2.75. The third-order valence-corrected chi connectivity index (χ3v) is 3.56. The number of methoxy groups -OCH3 is 1. The standard InChI is InChI=1S/C18H23N3O2/c1-12(2)15-7-5-6-8-16(15)21-18(22)13(3)20-14-9-10-17(23-4)19-11-14/h5-13,20H,1-4H3,(H,21,22)/t13-/m0/s1. The van der Waals surface area contributed by atoms with E-state index in [1.807, 2.05) is 37.3 Å². The van der Waals surface area contributed by atoms with Gasteiger partial charge in [-0.3, -0.25) is 4.79 Å². The second-order valence-corrected chi connectivity index (χ2v) is 5.69. The summed E-state index contributed by atoms with van der Waals surface area (Å²) in [4.78, 5) is 16.5. The number of aromatic nitrogens is 1. The highest BCUT2D eigenvalue weighted by Crippen LogP contribution is 2.24. The molecule has 5 nitrogen and oxygen atoms in total. The van der Waals surface area contributed by atoms with E-state index in [4.69, 9.17) is 4.74 Å². The van der Waals surface area contributed by atoms with Crippen LogP contribution in [0.25, 0.3) is 0 Å². The molecule has 0 aliphatic heterocycles. The molecule has 23 heavy (non-hydrogen) atoms. The van der Waals surface area contributed by atoms with Gasteiger partial charge in [0, 0.05) is 11.8 Å². The fourth-order valence-electron chi connectivity index (χ4n) is 2.26. The predicted octanol–water partition coefficient (Wildman–Crippen LogP) is 3.65. The average molecular weight is 313 g/mol. The van der Waals surface area contributed by atoms with E-state index in [1.165, 1.54) is 0 Å². The highest BCUT2D eigenvalue weighted by atomic mass is 16.5. The fourth-order valence-corrected chi connectivity index (χ4v) is 2.26. The van der Waals surface area contributed by atoms with Gasteiger partial charge in [-0.1, -0.05) is 32.0 Å². The van der Waals surface area contributed by atoms with Crippen LogP contribution >= 0.6 is 0 Å². The van der Waals surface area contributed by atoms with Crippen molar-refractivity contribution >= 4 is 17.3 Å². The highest BCUT2D eigenvalue weighted by Gasteiger charge is 2.15. The molecule has 1 heterocycles. The van der Waals surface area contributed by atoms with Gasteiger partial charge in [0.2, 0.25) is 11.8 Å². The number of hydrogen-bond acceptors (Lipinski definition) is 4. The summed E-state index contributed by atoms with van der Waals surface area (Å²) in [6, 6.07) is 11.1. The minimum absolute atomic E-state index is 0.0890. The van der Waals surface area contributed by atoms with Crippen LogP contribution in [-0.4, -0.2) is 24.0 Å². The number of para-hydroxylation sites is 1. The van der Waals surface area contributed by atoms with Crippen molar-refractivity contribution < 1.29 is 9.53 Å². The second-order valence-electron chi connectivity index (χ2n) is 5.69. The Morgan fingerprint density at radius 2 is 1.87 bits per heavy atom.